The SMILES string of the molecule is CC(OC(=O)c1ccc(-c2nc3ccccc3s2)s1)C(=O)Nc1cccc(Cl)c1. The molecule has 2 aromatic carbocycles. The van der Waals surface area contributed by atoms with Crippen LogP contribution in [0.2, 0.25) is 5.02 Å². The van der Waals surface area contributed by atoms with Gasteiger partial charge in [-0.3, -0.25) is 4.79 Å². The number of hydrogen-bond donors (Lipinski definition) is 1. The van der Waals surface area contributed by atoms with Crippen LogP contribution in [0.3, 0.4) is 0 Å². The number of ether oxygens (including phenoxy) is 1. The molecule has 0 radical (unpaired) electrons. The summed E-state index contributed by atoms with van der Waals surface area (Å²) in [7, 11) is 0. The van der Waals surface area contributed by atoms with Crippen LogP contribution in [0, 0.1) is 0 Å². The van der Waals surface area contributed by atoms with Gasteiger partial charge in [-0.15, -0.1) is 22.7 Å². The second-order valence-electron chi connectivity index (χ2n) is 6.20. The van der Waals surface area contributed by atoms with Crippen LogP contribution in [0.4, 0.5) is 5.69 Å². The largest absolute Gasteiger partial charge is 0.448 e. The Morgan fingerprint density at radius 3 is 2.69 bits per heavy atom. The highest BCUT2D eigenvalue weighted by molar-refractivity contribution is 7.26. The van der Waals surface area contributed by atoms with E-state index in [0.29, 0.717) is 15.6 Å². The summed E-state index contributed by atoms with van der Waals surface area (Å²) in [4.78, 5) is 30.6. The lowest BCUT2D eigenvalue weighted by Gasteiger charge is -2.13. The van der Waals surface area contributed by atoms with Gasteiger partial charge in [-0.2, -0.15) is 0 Å². The number of rotatable bonds is 5. The Kier molecular flexibility index (Phi) is 5.62. The first-order valence-corrected chi connectivity index (χ1v) is 10.7. The molecule has 4 aromatic rings. The molecule has 2 aromatic heterocycles. The molecule has 2 heterocycles. The second-order valence-corrected chi connectivity index (χ2v) is 8.75. The highest BCUT2D eigenvalue weighted by Gasteiger charge is 2.21. The van der Waals surface area contributed by atoms with Crippen molar-refractivity contribution in [3.05, 3.63) is 70.6 Å². The van der Waals surface area contributed by atoms with Crippen molar-refractivity contribution in [3.8, 4) is 9.88 Å². The number of thiophene rings is 1. The molecule has 0 saturated heterocycles. The molecule has 0 bridgehead atoms. The lowest BCUT2D eigenvalue weighted by molar-refractivity contribution is -0.123. The van der Waals surface area contributed by atoms with Gasteiger partial charge in [0.15, 0.2) is 6.10 Å². The van der Waals surface area contributed by atoms with Gasteiger partial charge in [0, 0.05) is 10.7 Å². The van der Waals surface area contributed by atoms with E-state index in [4.69, 9.17) is 16.3 Å². The van der Waals surface area contributed by atoms with Crippen molar-refractivity contribution in [3.63, 3.8) is 0 Å². The van der Waals surface area contributed by atoms with Crippen molar-refractivity contribution < 1.29 is 14.3 Å². The summed E-state index contributed by atoms with van der Waals surface area (Å²) in [6.07, 6.45) is -0.950. The van der Waals surface area contributed by atoms with Crippen LogP contribution in [0.25, 0.3) is 20.1 Å². The molecule has 1 N–H and O–H groups in total. The number of hydrogen-bond acceptors (Lipinski definition) is 6. The molecule has 5 nitrogen and oxygen atoms in total. The number of esters is 1. The summed E-state index contributed by atoms with van der Waals surface area (Å²) >= 11 is 8.77. The zero-order valence-electron chi connectivity index (χ0n) is 15.2. The van der Waals surface area contributed by atoms with Crippen LogP contribution in [-0.2, 0) is 9.53 Å². The second kappa shape index (κ2) is 8.32. The summed E-state index contributed by atoms with van der Waals surface area (Å²) in [6.45, 7) is 1.53. The molecule has 0 spiro atoms. The number of fused-ring (bicyclic) bond motifs is 1. The van der Waals surface area contributed by atoms with Gasteiger partial charge in [0.1, 0.15) is 9.88 Å². The fourth-order valence-corrected chi connectivity index (χ4v) is 4.72. The van der Waals surface area contributed by atoms with E-state index in [1.807, 2.05) is 30.3 Å². The van der Waals surface area contributed by atoms with E-state index in [1.54, 1.807) is 41.7 Å². The Balaban J connectivity index is 1.42. The topological polar surface area (TPSA) is 68.3 Å². The third-order valence-electron chi connectivity index (χ3n) is 4.06. The van der Waals surface area contributed by atoms with Crippen LogP contribution < -0.4 is 5.32 Å². The fourth-order valence-electron chi connectivity index (χ4n) is 2.62. The number of amides is 1. The predicted molar refractivity (Wildman–Crippen MR) is 118 cm³/mol. The Labute approximate surface area is 179 Å². The van der Waals surface area contributed by atoms with E-state index in [2.05, 4.69) is 10.3 Å². The summed E-state index contributed by atoms with van der Waals surface area (Å²) < 4.78 is 6.41. The van der Waals surface area contributed by atoms with E-state index in [9.17, 15) is 9.59 Å². The number of carbonyl (C=O) groups is 2. The van der Waals surface area contributed by atoms with Crippen LogP contribution in [0.1, 0.15) is 16.6 Å². The number of halogens is 1. The summed E-state index contributed by atoms with van der Waals surface area (Å²) in [5, 5.41) is 4.04. The first kappa shape index (κ1) is 19.6. The van der Waals surface area contributed by atoms with Gasteiger partial charge >= 0.3 is 5.97 Å². The zero-order valence-corrected chi connectivity index (χ0v) is 17.6. The number of carbonyl (C=O) groups excluding carboxylic acids is 2. The Morgan fingerprint density at radius 2 is 1.90 bits per heavy atom. The number of thiazole rings is 1. The van der Waals surface area contributed by atoms with Gasteiger partial charge in [-0.25, -0.2) is 9.78 Å². The molecule has 146 valence electrons. The lowest BCUT2D eigenvalue weighted by atomic mass is 10.3. The van der Waals surface area contributed by atoms with Gasteiger partial charge < -0.3 is 10.1 Å². The molecule has 0 aliphatic heterocycles. The van der Waals surface area contributed by atoms with E-state index in [-0.39, 0.29) is 0 Å². The molecule has 1 unspecified atom stereocenters. The Morgan fingerprint density at radius 1 is 1.07 bits per heavy atom. The minimum atomic E-state index is -0.950. The molecular formula is C21H15ClN2O3S2. The smallest absolute Gasteiger partial charge is 0.349 e. The monoisotopic (exact) mass is 442 g/mol. The Bertz CT molecular complexity index is 1170. The number of para-hydroxylation sites is 1. The number of nitrogens with one attached hydrogen (secondary N) is 1. The minimum absolute atomic E-state index is 0.418. The first-order valence-electron chi connectivity index (χ1n) is 8.73. The molecule has 4 rings (SSSR count). The number of benzene rings is 2. The van der Waals surface area contributed by atoms with Gasteiger partial charge in [-0.05, 0) is 49.4 Å². The average molecular weight is 443 g/mol. The number of aromatic nitrogens is 1. The Hall–Kier alpha value is -2.74. The van der Waals surface area contributed by atoms with Crippen molar-refractivity contribution in [2.75, 3.05) is 5.32 Å². The van der Waals surface area contributed by atoms with Crippen molar-refractivity contribution in [2.45, 2.75) is 13.0 Å². The van der Waals surface area contributed by atoms with Crippen molar-refractivity contribution >= 4 is 62.1 Å². The van der Waals surface area contributed by atoms with Crippen molar-refractivity contribution in [2.24, 2.45) is 0 Å². The fraction of sp³-hybridized carbons (Fsp3) is 0.0952. The average Bonchev–Trinajstić information content (AvgIpc) is 3.35. The molecule has 1 amide bonds. The minimum Gasteiger partial charge on any atom is -0.448 e. The van der Waals surface area contributed by atoms with E-state index in [0.717, 1.165) is 20.1 Å². The lowest BCUT2D eigenvalue weighted by Crippen LogP contribution is -2.29. The first-order chi connectivity index (χ1) is 14.0. The van der Waals surface area contributed by atoms with Crippen LogP contribution in [0.15, 0.2) is 60.7 Å². The maximum absolute atomic E-state index is 12.5. The third-order valence-corrected chi connectivity index (χ3v) is 6.56. The number of anilines is 1. The van der Waals surface area contributed by atoms with Crippen molar-refractivity contribution in [1.29, 1.82) is 0 Å². The van der Waals surface area contributed by atoms with E-state index in [1.165, 1.54) is 18.3 Å². The molecule has 0 saturated carbocycles. The normalized spacial score (nSPS) is 11.9. The van der Waals surface area contributed by atoms with E-state index < -0.39 is 18.0 Å². The van der Waals surface area contributed by atoms with Gasteiger partial charge in [0.2, 0.25) is 0 Å². The van der Waals surface area contributed by atoms with E-state index >= 15 is 0 Å². The maximum atomic E-state index is 12.5. The molecule has 0 fully saturated rings. The molecule has 8 heteroatoms. The molecule has 29 heavy (non-hydrogen) atoms. The maximum Gasteiger partial charge on any atom is 0.349 e. The van der Waals surface area contributed by atoms with Gasteiger partial charge in [0.25, 0.3) is 5.91 Å². The van der Waals surface area contributed by atoms with Crippen LogP contribution >= 0.6 is 34.3 Å². The van der Waals surface area contributed by atoms with Crippen LogP contribution in [-0.4, -0.2) is 23.0 Å². The summed E-state index contributed by atoms with van der Waals surface area (Å²) in [5.74, 6) is -0.973. The highest BCUT2D eigenvalue weighted by Crippen LogP contribution is 2.34. The molecular weight excluding hydrogens is 428 g/mol. The standard InChI is InChI=1S/C21H15ClN2O3S2/c1-12(19(25)23-14-6-4-5-13(22)11-14)27-21(26)18-10-9-17(28-18)20-24-15-7-2-3-8-16(15)29-20/h2-12H,1H3,(H,23,25). The number of nitrogens with zero attached hydrogens (tertiary/aromatic N) is 1. The predicted octanol–water partition coefficient (Wildman–Crippen LogP) is 5.86. The molecule has 1 atom stereocenters. The quantitative estimate of drug-likeness (QED) is 0.393. The highest BCUT2D eigenvalue weighted by atomic mass is 35.5. The van der Waals surface area contributed by atoms with Crippen molar-refractivity contribution in [1.82, 2.24) is 4.98 Å². The summed E-state index contributed by atoms with van der Waals surface area (Å²) in [5.41, 5.74) is 1.47. The molecule has 0 aliphatic rings. The van der Waals surface area contributed by atoms with Crippen LogP contribution in [0.5, 0.6) is 0 Å². The van der Waals surface area contributed by atoms with Gasteiger partial charge in [0.05, 0.1) is 15.1 Å². The zero-order chi connectivity index (χ0) is 20.4. The summed E-state index contributed by atoms with van der Waals surface area (Å²) in [6, 6.07) is 18.2. The van der Waals surface area contributed by atoms with Gasteiger partial charge in [-0.1, -0.05) is 29.8 Å². The molecule has 0 aliphatic carbocycles. The third kappa shape index (κ3) is 4.48.